The molecule has 22 heavy (non-hydrogen) atoms. The normalized spacial score (nSPS) is 16.1. The molecule has 0 fully saturated rings. The number of hydrogen-bond acceptors (Lipinski definition) is 3. The van der Waals surface area contributed by atoms with E-state index in [1.165, 1.54) is 16.9 Å². The van der Waals surface area contributed by atoms with Gasteiger partial charge in [-0.2, -0.15) is 0 Å². The Morgan fingerprint density at radius 1 is 1.32 bits per heavy atom. The molecule has 116 valence electrons. The number of carbonyl (C=O) groups excluding carboxylic acids is 1. The lowest BCUT2D eigenvalue weighted by Gasteiger charge is -2.20. The van der Waals surface area contributed by atoms with Gasteiger partial charge in [-0.1, -0.05) is 30.3 Å². The van der Waals surface area contributed by atoms with E-state index in [0.717, 1.165) is 23.3 Å². The maximum Gasteiger partial charge on any atom is 0.261 e. The maximum atomic E-state index is 12.3. The summed E-state index contributed by atoms with van der Waals surface area (Å²) in [5, 5.41) is 13.2. The first-order chi connectivity index (χ1) is 10.6. The van der Waals surface area contributed by atoms with Crippen molar-refractivity contribution in [2.75, 3.05) is 0 Å². The summed E-state index contributed by atoms with van der Waals surface area (Å²) in [6.07, 6.45) is 3.35. The minimum Gasteiger partial charge on any atom is -0.391 e. The summed E-state index contributed by atoms with van der Waals surface area (Å²) in [7, 11) is 0. The summed E-state index contributed by atoms with van der Waals surface area (Å²) in [6, 6.07) is 11.6. The number of aryl methyl sites for hydroxylation is 2. The lowest BCUT2D eigenvalue weighted by Crippen LogP contribution is -2.41. The summed E-state index contributed by atoms with van der Waals surface area (Å²) in [4.78, 5) is 14.4. The van der Waals surface area contributed by atoms with Crippen molar-refractivity contribution in [2.45, 2.75) is 44.8 Å². The zero-order valence-electron chi connectivity index (χ0n) is 12.7. The minimum absolute atomic E-state index is 0.0704. The number of carbonyl (C=O) groups is 1. The molecule has 2 N–H and O–H groups in total. The summed E-state index contributed by atoms with van der Waals surface area (Å²) in [5.74, 6) is -0.0704. The van der Waals surface area contributed by atoms with E-state index in [0.29, 0.717) is 6.42 Å². The van der Waals surface area contributed by atoms with Crippen molar-refractivity contribution in [3.05, 3.63) is 57.3 Å². The van der Waals surface area contributed by atoms with Gasteiger partial charge >= 0.3 is 0 Å². The number of aliphatic hydroxyl groups is 1. The zero-order valence-corrected chi connectivity index (χ0v) is 13.5. The molecule has 0 spiro atoms. The quantitative estimate of drug-likeness (QED) is 0.891. The number of nitrogens with one attached hydrogen (secondary N) is 1. The monoisotopic (exact) mass is 315 g/mol. The van der Waals surface area contributed by atoms with Crippen LogP contribution in [0, 0.1) is 0 Å². The van der Waals surface area contributed by atoms with Gasteiger partial charge in [-0.15, -0.1) is 11.3 Å². The average Bonchev–Trinajstić information content (AvgIpc) is 3.09. The molecule has 1 aromatic carbocycles. The van der Waals surface area contributed by atoms with E-state index in [1.807, 2.05) is 43.3 Å². The fourth-order valence-corrected chi connectivity index (χ4v) is 4.00. The molecule has 2 unspecified atom stereocenters. The van der Waals surface area contributed by atoms with Crippen molar-refractivity contribution < 1.29 is 9.90 Å². The first-order valence-corrected chi connectivity index (χ1v) is 8.59. The van der Waals surface area contributed by atoms with Gasteiger partial charge in [0.1, 0.15) is 0 Å². The molecule has 1 aromatic heterocycles. The van der Waals surface area contributed by atoms with E-state index in [-0.39, 0.29) is 11.9 Å². The van der Waals surface area contributed by atoms with Gasteiger partial charge in [-0.05, 0) is 43.4 Å². The Morgan fingerprint density at radius 2 is 2.09 bits per heavy atom. The Labute approximate surface area is 135 Å². The highest BCUT2D eigenvalue weighted by atomic mass is 32.1. The second-order valence-corrected chi connectivity index (χ2v) is 7.07. The first kappa shape index (κ1) is 15.3. The highest BCUT2D eigenvalue weighted by molar-refractivity contribution is 7.14. The molecule has 0 saturated carbocycles. The molecule has 4 heteroatoms. The molecule has 1 aliphatic rings. The van der Waals surface area contributed by atoms with Gasteiger partial charge in [-0.3, -0.25) is 4.79 Å². The van der Waals surface area contributed by atoms with Crippen LogP contribution in [0.1, 0.15) is 39.0 Å². The Balaban J connectivity index is 1.58. The van der Waals surface area contributed by atoms with Crippen molar-refractivity contribution in [3.63, 3.8) is 0 Å². The van der Waals surface area contributed by atoms with Crippen molar-refractivity contribution >= 4 is 17.2 Å². The zero-order chi connectivity index (χ0) is 15.5. The van der Waals surface area contributed by atoms with Crippen molar-refractivity contribution in [1.29, 1.82) is 0 Å². The molecule has 0 saturated heterocycles. The van der Waals surface area contributed by atoms with Crippen LogP contribution >= 0.6 is 11.3 Å². The number of benzene rings is 1. The molecule has 0 aliphatic heterocycles. The molecular formula is C18H21NO2S. The van der Waals surface area contributed by atoms with Gasteiger partial charge < -0.3 is 10.4 Å². The summed E-state index contributed by atoms with van der Waals surface area (Å²) >= 11 is 1.59. The van der Waals surface area contributed by atoms with E-state index < -0.39 is 6.10 Å². The molecule has 3 nitrogen and oxygen atoms in total. The van der Waals surface area contributed by atoms with Crippen LogP contribution in [0.25, 0.3) is 0 Å². The largest absolute Gasteiger partial charge is 0.391 e. The Kier molecular flexibility index (Phi) is 4.60. The van der Waals surface area contributed by atoms with Gasteiger partial charge in [0.05, 0.1) is 17.0 Å². The van der Waals surface area contributed by atoms with Crippen LogP contribution in [0.5, 0.6) is 0 Å². The summed E-state index contributed by atoms with van der Waals surface area (Å²) < 4.78 is 0. The van der Waals surface area contributed by atoms with E-state index in [4.69, 9.17) is 0 Å². The number of amides is 1. The number of thiophene rings is 1. The van der Waals surface area contributed by atoms with Gasteiger partial charge in [0, 0.05) is 11.3 Å². The molecule has 0 bridgehead atoms. The second kappa shape index (κ2) is 6.63. The van der Waals surface area contributed by atoms with Crippen LogP contribution < -0.4 is 5.32 Å². The summed E-state index contributed by atoms with van der Waals surface area (Å²) in [6.45, 7) is 1.85. The molecule has 1 amide bonds. The van der Waals surface area contributed by atoms with Crippen LogP contribution in [0.15, 0.2) is 36.4 Å². The number of fused-ring (bicyclic) bond motifs is 1. The van der Waals surface area contributed by atoms with E-state index in [9.17, 15) is 9.90 Å². The number of aliphatic hydroxyl groups excluding tert-OH is 1. The lowest BCUT2D eigenvalue weighted by atomic mass is 10.0. The molecular weight excluding hydrogens is 294 g/mol. The standard InChI is InChI=1S/C18H21NO2S/c1-12(15(20)10-13-6-3-2-4-7-13)19-18(21)17-11-14-8-5-9-16(14)22-17/h2-4,6-7,11-12,15,20H,5,8-10H2,1H3,(H,19,21). The molecule has 2 aromatic rings. The van der Waals surface area contributed by atoms with Gasteiger partial charge in [0.15, 0.2) is 0 Å². The smallest absolute Gasteiger partial charge is 0.261 e. The van der Waals surface area contributed by atoms with Crippen LogP contribution in [0.4, 0.5) is 0 Å². The van der Waals surface area contributed by atoms with Gasteiger partial charge in [0.2, 0.25) is 0 Å². The third kappa shape index (κ3) is 3.39. The van der Waals surface area contributed by atoms with Crippen LogP contribution in [-0.2, 0) is 19.3 Å². The lowest BCUT2D eigenvalue weighted by molar-refractivity contribution is 0.0855. The molecule has 1 aliphatic carbocycles. The highest BCUT2D eigenvalue weighted by Crippen LogP contribution is 2.30. The Morgan fingerprint density at radius 3 is 2.82 bits per heavy atom. The Hall–Kier alpha value is -1.65. The molecule has 2 atom stereocenters. The Bertz CT molecular complexity index is 629. The van der Waals surface area contributed by atoms with E-state index >= 15 is 0 Å². The van der Waals surface area contributed by atoms with Gasteiger partial charge in [0.25, 0.3) is 5.91 Å². The number of hydrogen-bond donors (Lipinski definition) is 2. The van der Waals surface area contributed by atoms with Crippen LogP contribution in [0.2, 0.25) is 0 Å². The molecule has 3 rings (SSSR count). The SMILES string of the molecule is CC(NC(=O)c1cc2c(s1)CCC2)C(O)Cc1ccccc1. The third-order valence-electron chi connectivity index (χ3n) is 4.19. The maximum absolute atomic E-state index is 12.3. The molecule has 1 heterocycles. The van der Waals surface area contributed by atoms with Crippen LogP contribution in [0.3, 0.4) is 0 Å². The van der Waals surface area contributed by atoms with E-state index in [2.05, 4.69) is 5.32 Å². The fraction of sp³-hybridized carbons (Fsp3) is 0.389. The molecule has 0 radical (unpaired) electrons. The first-order valence-electron chi connectivity index (χ1n) is 7.78. The van der Waals surface area contributed by atoms with Crippen molar-refractivity contribution in [3.8, 4) is 0 Å². The van der Waals surface area contributed by atoms with Crippen LogP contribution in [-0.4, -0.2) is 23.2 Å². The fourth-order valence-electron chi connectivity index (χ4n) is 2.85. The third-order valence-corrected chi connectivity index (χ3v) is 5.43. The predicted octanol–water partition coefficient (Wildman–Crippen LogP) is 2.96. The number of rotatable bonds is 5. The van der Waals surface area contributed by atoms with Gasteiger partial charge in [-0.25, -0.2) is 0 Å². The average molecular weight is 315 g/mol. The highest BCUT2D eigenvalue weighted by Gasteiger charge is 2.22. The van der Waals surface area contributed by atoms with E-state index in [1.54, 1.807) is 11.3 Å². The second-order valence-electron chi connectivity index (χ2n) is 5.93. The topological polar surface area (TPSA) is 49.3 Å². The van der Waals surface area contributed by atoms with Crippen molar-refractivity contribution in [2.24, 2.45) is 0 Å². The van der Waals surface area contributed by atoms with Crippen molar-refractivity contribution in [1.82, 2.24) is 5.32 Å². The summed E-state index contributed by atoms with van der Waals surface area (Å²) in [5.41, 5.74) is 2.40. The minimum atomic E-state index is -0.585. The predicted molar refractivity (Wildman–Crippen MR) is 89.4 cm³/mol.